The molecule has 6 nitrogen and oxygen atoms in total. The van der Waals surface area contributed by atoms with E-state index in [2.05, 4.69) is 15.5 Å². The molecular weight excluding hydrogens is 396 g/mol. The first-order valence-electron chi connectivity index (χ1n) is 9.37. The zero-order valence-corrected chi connectivity index (χ0v) is 17.1. The first kappa shape index (κ1) is 19.7. The number of ether oxygens (including phenoxy) is 1. The summed E-state index contributed by atoms with van der Waals surface area (Å²) in [7, 11) is 1.62. The highest BCUT2D eigenvalue weighted by Gasteiger charge is 2.25. The lowest BCUT2D eigenvalue weighted by Crippen LogP contribution is -2.19. The van der Waals surface area contributed by atoms with Gasteiger partial charge in [0, 0.05) is 5.69 Å². The van der Waals surface area contributed by atoms with Gasteiger partial charge in [-0.25, -0.2) is 0 Å². The molecule has 0 aliphatic rings. The lowest BCUT2D eigenvalue weighted by Gasteiger charge is -2.17. The molecule has 3 aromatic carbocycles. The Bertz CT molecular complexity index is 1120. The number of hydrogen-bond donors (Lipinski definition) is 1. The Balaban J connectivity index is 1.67. The number of anilines is 1. The molecule has 1 atom stereocenters. The average Bonchev–Trinajstić information content (AvgIpc) is 3.26. The van der Waals surface area contributed by atoms with Crippen molar-refractivity contribution in [3.05, 3.63) is 96.8 Å². The molecular formula is C23H20N4O2S. The van der Waals surface area contributed by atoms with Crippen LogP contribution in [0.4, 0.5) is 5.69 Å². The molecule has 4 aromatic rings. The molecule has 0 spiro atoms. The van der Waals surface area contributed by atoms with Gasteiger partial charge in [0.25, 0.3) is 0 Å². The van der Waals surface area contributed by atoms with Gasteiger partial charge in [0.05, 0.1) is 12.8 Å². The zero-order valence-electron chi connectivity index (χ0n) is 16.3. The number of nitrogens with zero attached hydrogens (tertiary/aromatic N) is 3. The van der Waals surface area contributed by atoms with Gasteiger partial charge in [0.15, 0.2) is 5.16 Å². The Morgan fingerprint density at radius 2 is 1.63 bits per heavy atom. The number of aromatic nitrogens is 3. The van der Waals surface area contributed by atoms with Crippen molar-refractivity contribution < 1.29 is 9.53 Å². The highest BCUT2D eigenvalue weighted by atomic mass is 32.2. The third-order valence-corrected chi connectivity index (χ3v) is 5.68. The van der Waals surface area contributed by atoms with Gasteiger partial charge >= 0.3 is 0 Å². The first-order valence-corrected chi connectivity index (χ1v) is 10.2. The number of methoxy groups -OCH3 is 1. The van der Waals surface area contributed by atoms with Crippen LogP contribution >= 0.6 is 11.8 Å². The first-order chi connectivity index (χ1) is 14.8. The van der Waals surface area contributed by atoms with E-state index in [0.29, 0.717) is 10.9 Å². The molecule has 1 N–H and O–H groups in total. The van der Waals surface area contributed by atoms with Crippen molar-refractivity contribution in [2.24, 2.45) is 0 Å². The average molecular weight is 417 g/mol. The van der Waals surface area contributed by atoms with Crippen LogP contribution in [0.3, 0.4) is 0 Å². The van der Waals surface area contributed by atoms with Gasteiger partial charge < -0.3 is 10.1 Å². The van der Waals surface area contributed by atoms with Crippen LogP contribution in [0.2, 0.25) is 0 Å². The molecule has 0 saturated heterocycles. The van der Waals surface area contributed by atoms with Crippen molar-refractivity contribution >= 4 is 23.4 Å². The second-order valence-electron chi connectivity index (χ2n) is 6.42. The van der Waals surface area contributed by atoms with Gasteiger partial charge in [0.1, 0.15) is 17.3 Å². The van der Waals surface area contributed by atoms with Crippen LogP contribution in [0.25, 0.3) is 5.69 Å². The highest BCUT2D eigenvalue weighted by molar-refractivity contribution is 8.00. The summed E-state index contributed by atoms with van der Waals surface area (Å²) in [6, 6.07) is 26.7. The van der Waals surface area contributed by atoms with Gasteiger partial charge in [-0.15, -0.1) is 10.2 Å². The number of benzene rings is 3. The molecule has 0 aliphatic heterocycles. The third-order valence-electron chi connectivity index (χ3n) is 4.47. The van der Waals surface area contributed by atoms with Crippen LogP contribution in [-0.4, -0.2) is 27.8 Å². The van der Waals surface area contributed by atoms with E-state index in [-0.39, 0.29) is 5.91 Å². The summed E-state index contributed by atoms with van der Waals surface area (Å²) in [6.07, 6.45) is 1.62. The van der Waals surface area contributed by atoms with Crippen LogP contribution in [0, 0.1) is 0 Å². The summed E-state index contributed by atoms with van der Waals surface area (Å²) in [5, 5.41) is 11.4. The zero-order chi connectivity index (χ0) is 20.8. The molecule has 0 fully saturated rings. The predicted molar refractivity (Wildman–Crippen MR) is 118 cm³/mol. The number of carbonyl (C=O) groups is 1. The number of para-hydroxylation sites is 3. The number of amides is 1. The Hall–Kier alpha value is -3.58. The van der Waals surface area contributed by atoms with Gasteiger partial charge in [-0.1, -0.05) is 72.4 Å². The van der Waals surface area contributed by atoms with E-state index in [9.17, 15) is 4.79 Å². The summed E-state index contributed by atoms with van der Waals surface area (Å²) in [4.78, 5) is 13.2. The van der Waals surface area contributed by atoms with Gasteiger partial charge in [-0.2, -0.15) is 0 Å². The van der Waals surface area contributed by atoms with Crippen molar-refractivity contribution in [2.45, 2.75) is 10.4 Å². The summed E-state index contributed by atoms with van der Waals surface area (Å²) >= 11 is 1.34. The van der Waals surface area contributed by atoms with E-state index in [0.717, 1.165) is 16.9 Å². The molecule has 0 saturated carbocycles. The monoisotopic (exact) mass is 416 g/mol. The van der Waals surface area contributed by atoms with Crippen LogP contribution in [-0.2, 0) is 4.79 Å². The standard InChI is InChI=1S/C23H20N4O2S/c1-29-20-15-9-8-14-19(20)27-16-24-26-23(27)30-21(17-10-4-2-5-11-17)22(28)25-18-12-6-3-7-13-18/h2-16,21H,1H3,(H,25,28). The number of hydrogen-bond acceptors (Lipinski definition) is 5. The van der Waals surface area contributed by atoms with Crippen molar-refractivity contribution in [3.63, 3.8) is 0 Å². The maximum atomic E-state index is 13.2. The maximum Gasteiger partial charge on any atom is 0.242 e. The number of carbonyl (C=O) groups excluding carboxylic acids is 1. The number of nitrogens with one attached hydrogen (secondary N) is 1. The van der Waals surface area contributed by atoms with Gasteiger partial charge in [-0.05, 0) is 29.8 Å². The second-order valence-corrected chi connectivity index (χ2v) is 7.49. The Morgan fingerprint density at radius 3 is 2.37 bits per heavy atom. The molecule has 150 valence electrons. The van der Waals surface area contributed by atoms with E-state index >= 15 is 0 Å². The quantitative estimate of drug-likeness (QED) is 0.441. The van der Waals surface area contributed by atoms with Crippen molar-refractivity contribution in [3.8, 4) is 11.4 Å². The largest absolute Gasteiger partial charge is 0.495 e. The third kappa shape index (κ3) is 4.36. The Labute approximate surface area is 178 Å². The van der Waals surface area contributed by atoms with Gasteiger partial charge in [0.2, 0.25) is 5.91 Å². The SMILES string of the molecule is COc1ccccc1-n1cnnc1SC(C(=O)Nc1ccccc1)c1ccccc1. The smallest absolute Gasteiger partial charge is 0.242 e. The normalized spacial score (nSPS) is 11.6. The summed E-state index contributed by atoms with van der Waals surface area (Å²) in [6.45, 7) is 0. The van der Waals surface area contributed by atoms with E-state index in [1.165, 1.54) is 11.8 Å². The molecule has 0 aliphatic carbocycles. The van der Waals surface area contributed by atoms with Crippen LogP contribution in [0.15, 0.2) is 96.4 Å². The summed E-state index contributed by atoms with van der Waals surface area (Å²) in [5.41, 5.74) is 2.43. The van der Waals surface area contributed by atoms with Crippen molar-refractivity contribution in [1.82, 2.24) is 14.8 Å². The lowest BCUT2D eigenvalue weighted by molar-refractivity contribution is -0.115. The van der Waals surface area contributed by atoms with Gasteiger partial charge in [-0.3, -0.25) is 9.36 Å². The molecule has 0 bridgehead atoms. The minimum absolute atomic E-state index is 0.132. The van der Waals surface area contributed by atoms with Crippen LogP contribution < -0.4 is 10.1 Å². The molecule has 1 heterocycles. The highest BCUT2D eigenvalue weighted by Crippen LogP contribution is 2.37. The molecule has 30 heavy (non-hydrogen) atoms. The van der Waals surface area contributed by atoms with Crippen LogP contribution in [0.1, 0.15) is 10.8 Å². The number of rotatable bonds is 7. The maximum absolute atomic E-state index is 13.2. The van der Waals surface area contributed by atoms with E-state index < -0.39 is 5.25 Å². The second kappa shape index (κ2) is 9.28. The molecule has 1 aromatic heterocycles. The molecule has 7 heteroatoms. The molecule has 0 radical (unpaired) electrons. The van der Waals surface area contributed by atoms with Crippen molar-refractivity contribution in [1.29, 1.82) is 0 Å². The molecule has 4 rings (SSSR count). The fourth-order valence-electron chi connectivity index (χ4n) is 3.03. The van der Waals surface area contributed by atoms with Crippen LogP contribution in [0.5, 0.6) is 5.75 Å². The summed E-state index contributed by atoms with van der Waals surface area (Å²) in [5.74, 6) is 0.566. The Morgan fingerprint density at radius 1 is 0.967 bits per heavy atom. The van der Waals surface area contributed by atoms with E-state index in [1.807, 2.05) is 89.5 Å². The topological polar surface area (TPSA) is 69.0 Å². The fraction of sp³-hybridized carbons (Fsp3) is 0.0870. The summed E-state index contributed by atoms with van der Waals surface area (Å²) < 4.78 is 7.30. The van der Waals surface area contributed by atoms with Crippen molar-refractivity contribution in [2.75, 3.05) is 12.4 Å². The minimum atomic E-state index is -0.510. The molecule has 1 unspecified atom stereocenters. The Kier molecular flexibility index (Phi) is 6.10. The minimum Gasteiger partial charge on any atom is -0.495 e. The van der Waals surface area contributed by atoms with E-state index in [4.69, 9.17) is 4.74 Å². The number of thioether (sulfide) groups is 1. The van der Waals surface area contributed by atoms with E-state index in [1.54, 1.807) is 13.4 Å². The fourth-order valence-corrected chi connectivity index (χ4v) is 4.06. The lowest BCUT2D eigenvalue weighted by atomic mass is 10.1. The molecule has 1 amide bonds. The predicted octanol–water partition coefficient (Wildman–Crippen LogP) is 4.75.